The van der Waals surface area contributed by atoms with Crippen LogP contribution in [0.1, 0.15) is 31.2 Å². The molecule has 14 heavy (non-hydrogen) atoms. The van der Waals surface area contributed by atoms with Crippen molar-refractivity contribution in [2.45, 2.75) is 31.3 Å². The Bertz CT molecular complexity index is 360. The molecule has 3 atom stereocenters. The van der Waals surface area contributed by atoms with Gasteiger partial charge in [-0.25, -0.2) is 0 Å². The molecule has 76 valence electrons. The second-order valence-corrected chi connectivity index (χ2v) is 4.91. The summed E-state index contributed by atoms with van der Waals surface area (Å²) in [6, 6.07) is 0. The summed E-state index contributed by atoms with van der Waals surface area (Å²) in [5.41, 5.74) is 0.462. The van der Waals surface area contributed by atoms with E-state index < -0.39 is 5.60 Å². The molecule has 0 radical (unpaired) electrons. The third kappa shape index (κ3) is 0.989. The lowest BCUT2D eigenvalue weighted by atomic mass is 9.80. The number of aliphatic hydroxyl groups is 1. The van der Waals surface area contributed by atoms with Crippen LogP contribution >= 0.6 is 0 Å². The highest BCUT2D eigenvalue weighted by Gasteiger charge is 2.51. The average Bonchev–Trinajstić information content (AvgIpc) is 2.78. The number of aromatic nitrogens is 2. The predicted molar refractivity (Wildman–Crippen MR) is 52.6 cm³/mol. The zero-order valence-electron chi connectivity index (χ0n) is 8.48. The molecule has 2 saturated carbocycles. The van der Waals surface area contributed by atoms with Crippen LogP contribution < -0.4 is 0 Å². The zero-order chi connectivity index (χ0) is 9.76. The van der Waals surface area contributed by atoms with Crippen molar-refractivity contribution in [1.82, 2.24) is 9.78 Å². The van der Waals surface area contributed by atoms with Crippen molar-refractivity contribution in [1.29, 1.82) is 0 Å². The first-order valence-corrected chi connectivity index (χ1v) is 5.40. The van der Waals surface area contributed by atoms with Crippen molar-refractivity contribution in [2.24, 2.45) is 18.9 Å². The molecule has 0 aliphatic heterocycles. The fraction of sp³-hybridized carbons (Fsp3) is 0.727. The first-order valence-electron chi connectivity index (χ1n) is 5.40. The first-order chi connectivity index (χ1) is 6.68. The highest BCUT2D eigenvalue weighted by atomic mass is 16.3. The Kier molecular flexibility index (Phi) is 1.57. The number of aryl methyl sites for hydroxylation is 1. The van der Waals surface area contributed by atoms with Gasteiger partial charge in [0.05, 0.1) is 11.8 Å². The van der Waals surface area contributed by atoms with Gasteiger partial charge in [0, 0.05) is 18.8 Å². The van der Waals surface area contributed by atoms with E-state index in [0.717, 1.165) is 17.9 Å². The van der Waals surface area contributed by atoms with Crippen LogP contribution in [0.25, 0.3) is 0 Å². The minimum absolute atomic E-state index is 0.483. The molecule has 0 spiro atoms. The highest BCUT2D eigenvalue weighted by Crippen LogP contribution is 2.55. The Morgan fingerprint density at radius 2 is 2.43 bits per heavy atom. The second kappa shape index (κ2) is 2.60. The summed E-state index contributed by atoms with van der Waals surface area (Å²) < 4.78 is 1.78. The van der Waals surface area contributed by atoms with E-state index in [1.807, 2.05) is 19.4 Å². The van der Waals surface area contributed by atoms with E-state index >= 15 is 0 Å². The van der Waals surface area contributed by atoms with Gasteiger partial charge in [0.15, 0.2) is 0 Å². The molecule has 0 aromatic carbocycles. The fourth-order valence-corrected chi connectivity index (χ4v) is 3.30. The molecule has 0 amide bonds. The van der Waals surface area contributed by atoms with Gasteiger partial charge in [-0.2, -0.15) is 5.10 Å². The van der Waals surface area contributed by atoms with Gasteiger partial charge in [0.1, 0.15) is 0 Å². The van der Waals surface area contributed by atoms with Crippen molar-refractivity contribution >= 4 is 0 Å². The number of nitrogens with zero attached hydrogens (tertiary/aromatic N) is 2. The van der Waals surface area contributed by atoms with Crippen LogP contribution in [0.3, 0.4) is 0 Å². The summed E-state index contributed by atoms with van der Waals surface area (Å²) in [6.45, 7) is 0. The first kappa shape index (κ1) is 8.48. The number of fused-ring (bicyclic) bond motifs is 2. The quantitative estimate of drug-likeness (QED) is 0.731. The summed E-state index contributed by atoms with van der Waals surface area (Å²) in [5, 5.41) is 14.8. The van der Waals surface area contributed by atoms with Gasteiger partial charge in [-0.15, -0.1) is 0 Å². The number of hydrogen-bond acceptors (Lipinski definition) is 2. The molecule has 1 aromatic rings. The topological polar surface area (TPSA) is 38.0 Å². The van der Waals surface area contributed by atoms with Gasteiger partial charge >= 0.3 is 0 Å². The standard InChI is InChI=1S/C11H16N2O/c1-13-7-10(6-12-13)11(14)5-8-2-3-9(11)4-8/h6-9,14H,2-5H2,1H3. The van der Waals surface area contributed by atoms with Crippen LogP contribution in [0.15, 0.2) is 12.4 Å². The molecule has 0 saturated heterocycles. The lowest BCUT2D eigenvalue weighted by molar-refractivity contribution is -0.0183. The van der Waals surface area contributed by atoms with Gasteiger partial charge in [0.2, 0.25) is 0 Å². The van der Waals surface area contributed by atoms with Gasteiger partial charge in [-0.1, -0.05) is 0 Å². The summed E-state index contributed by atoms with van der Waals surface area (Å²) in [7, 11) is 1.90. The van der Waals surface area contributed by atoms with Crippen molar-refractivity contribution in [3.63, 3.8) is 0 Å². The maximum atomic E-state index is 10.6. The van der Waals surface area contributed by atoms with E-state index in [0.29, 0.717) is 5.92 Å². The Morgan fingerprint density at radius 1 is 1.57 bits per heavy atom. The van der Waals surface area contributed by atoms with E-state index in [1.54, 1.807) is 4.68 Å². The maximum Gasteiger partial charge on any atom is 0.0957 e. The SMILES string of the molecule is Cn1cc(C2(O)CC3CCC2C3)cn1. The van der Waals surface area contributed by atoms with E-state index in [9.17, 15) is 5.11 Å². The van der Waals surface area contributed by atoms with Crippen LogP contribution in [-0.2, 0) is 12.6 Å². The summed E-state index contributed by atoms with van der Waals surface area (Å²) in [5.74, 6) is 1.24. The monoisotopic (exact) mass is 192 g/mol. The van der Waals surface area contributed by atoms with Crippen LogP contribution in [0.4, 0.5) is 0 Å². The molecular formula is C11H16N2O. The third-order valence-electron chi connectivity index (χ3n) is 4.02. The molecule has 3 unspecified atom stereocenters. The van der Waals surface area contributed by atoms with Crippen molar-refractivity contribution in [2.75, 3.05) is 0 Å². The molecular weight excluding hydrogens is 176 g/mol. The van der Waals surface area contributed by atoms with Crippen LogP contribution in [-0.4, -0.2) is 14.9 Å². The Labute approximate surface area is 83.7 Å². The minimum Gasteiger partial charge on any atom is -0.385 e. The molecule has 1 N–H and O–H groups in total. The molecule has 1 aromatic heterocycles. The molecule has 2 fully saturated rings. The molecule has 2 bridgehead atoms. The smallest absolute Gasteiger partial charge is 0.0957 e. The van der Waals surface area contributed by atoms with Gasteiger partial charge in [0.25, 0.3) is 0 Å². The summed E-state index contributed by atoms with van der Waals surface area (Å²) >= 11 is 0. The normalized spacial score (nSPS) is 40.7. The fourth-order valence-electron chi connectivity index (χ4n) is 3.30. The number of rotatable bonds is 1. The van der Waals surface area contributed by atoms with Crippen molar-refractivity contribution in [3.8, 4) is 0 Å². The highest BCUT2D eigenvalue weighted by molar-refractivity contribution is 5.21. The maximum absolute atomic E-state index is 10.6. The lowest BCUT2D eigenvalue weighted by Crippen LogP contribution is -2.31. The van der Waals surface area contributed by atoms with Gasteiger partial charge in [-0.3, -0.25) is 4.68 Å². The molecule has 2 aliphatic rings. The average molecular weight is 192 g/mol. The molecule has 3 nitrogen and oxygen atoms in total. The molecule has 3 rings (SSSR count). The van der Waals surface area contributed by atoms with E-state index in [4.69, 9.17) is 0 Å². The van der Waals surface area contributed by atoms with E-state index in [1.165, 1.54) is 19.3 Å². The Balaban J connectivity index is 1.97. The summed E-state index contributed by atoms with van der Waals surface area (Å²) in [6.07, 6.45) is 8.44. The molecule has 2 aliphatic carbocycles. The molecule has 1 heterocycles. The van der Waals surface area contributed by atoms with E-state index in [-0.39, 0.29) is 0 Å². The predicted octanol–water partition coefficient (Wildman–Crippen LogP) is 1.43. The van der Waals surface area contributed by atoms with Gasteiger partial charge < -0.3 is 5.11 Å². The molecule has 3 heteroatoms. The Morgan fingerprint density at radius 3 is 2.93 bits per heavy atom. The lowest BCUT2D eigenvalue weighted by Gasteiger charge is -2.31. The van der Waals surface area contributed by atoms with Crippen molar-refractivity contribution in [3.05, 3.63) is 18.0 Å². The van der Waals surface area contributed by atoms with Crippen LogP contribution in [0, 0.1) is 11.8 Å². The van der Waals surface area contributed by atoms with Crippen LogP contribution in [0.2, 0.25) is 0 Å². The summed E-state index contributed by atoms with van der Waals surface area (Å²) in [4.78, 5) is 0. The number of hydrogen-bond donors (Lipinski definition) is 1. The zero-order valence-corrected chi connectivity index (χ0v) is 8.48. The third-order valence-corrected chi connectivity index (χ3v) is 4.02. The van der Waals surface area contributed by atoms with Crippen LogP contribution in [0.5, 0.6) is 0 Å². The van der Waals surface area contributed by atoms with Crippen molar-refractivity contribution < 1.29 is 5.11 Å². The minimum atomic E-state index is -0.558. The van der Waals surface area contributed by atoms with E-state index in [2.05, 4.69) is 5.10 Å². The second-order valence-electron chi connectivity index (χ2n) is 4.91. The van der Waals surface area contributed by atoms with Gasteiger partial charge in [-0.05, 0) is 37.5 Å². The Hall–Kier alpha value is -0.830. The largest absolute Gasteiger partial charge is 0.385 e.